The maximum Gasteiger partial charge on any atom is 0.409 e. The smallest absolute Gasteiger partial charge is 0.312 e. The molecule has 2 aliphatic rings. The van der Waals surface area contributed by atoms with Crippen LogP contribution in [0.2, 0.25) is 0 Å². The number of fused-ring (bicyclic) bond motifs is 1. The van der Waals surface area contributed by atoms with Crippen LogP contribution in [-0.2, 0) is 23.0 Å². The van der Waals surface area contributed by atoms with Crippen LogP contribution in [-0.4, -0.2) is 37.8 Å². The predicted molar refractivity (Wildman–Crippen MR) is 114 cm³/mol. The number of carbonyl (C=O) groups is 1. The first-order chi connectivity index (χ1) is 15.6. The molecule has 5 nitrogen and oxygen atoms in total. The van der Waals surface area contributed by atoms with E-state index in [1.54, 1.807) is 6.07 Å². The highest BCUT2D eigenvalue weighted by Gasteiger charge is 2.50. The van der Waals surface area contributed by atoms with E-state index in [1.807, 2.05) is 0 Å². The number of Topliss-reactive ketones (excluding diaryl/α,β-unsaturated/α-hetero) is 1. The second kappa shape index (κ2) is 8.81. The number of hydrogen-bond acceptors (Lipinski definition) is 4. The molecule has 0 bridgehead atoms. The van der Waals surface area contributed by atoms with Crippen LogP contribution in [0.5, 0.6) is 0 Å². The van der Waals surface area contributed by atoms with Gasteiger partial charge in [0.05, 0.1) is 4.90 Å². The zero-order chi connectivity index (χ0) is 24.0. The maximum atomic E-state index is 14.2. The first kappa shape index (κ1) is 23.8. The molecule has 1 saturated carbocycles. The Bertz CT molecular complexity index is 1160. The van der Waals surface area contributed by atoms with Gasteiger partial charge in [0.2, 0.25) is 10.0 Å². The highest BCUT2D eigenvalue weighted by Crippen LogP contribution is 2.43. The average molecular weight is 485 g/mol. The van der Waals surface area contributed by atoms with E-state index in [0.29, 0.717) is 35.7 Å². The van der Waals surface area contributed by atoms with Gasteiger partial charge in [-0.1, -0.05) is 25.1 Å². The molecule has 1 atom stereocenters. The topological polar surface area (TPSA) is 66.5 Å². The average Bonchev–Trinajstić information content (AvgIpc) is 3.61. The molecule has 33 heavy (non-hydrogen) atoms. The fraction of sp³-hybridized carbons (Fsp3) is 0.435. The van der Waals surface area contributed by atoms with E-state index in [2.05, 4.69) is 5.32 Å². The van der Waals surface area contributed by atoms with E-state index in [1.165, 1.54) is 13.0 Å². The van der Waals surface area contributed by atoms with Crippen molar-refractivity contribution >= 4 is 15.8 Å². The molecule has 2 aromatic rings. The monoisotopic (exact) mass is 484 g/mol. The number of halogens is 4. The lowest BCUT2D eigenvalue weighted by Crippen LogP contribution is -2.43. The van der Waals surface area contributed by atoms with Gasteiger partial charge in [0.25, 0.3) is 0 Å². The number of nitrogens with zero attached hydrogens (tertiary/aromatic N) is 1. The van der Waals surface area contributed by atoms with Crippen molar-refractivity contribution in [2.24, 2.45) is 5.92 Å². The summed E-state index contributed by atoms with van der Waals surface area (Å²) >= 11 is 0. The second-order valence-corrected chi connectivity index (χ2v) is 10.2. The lowest BCUT2D eigenvalue weighted by molar-refractivity contribution is -0.173. The van der Waals surface area contributed by atoms with Gasteiger partial charge in [-0.15, -0.1) is 0 Å². The van der Waals surface area contributed by atoms with E-state index in [-0.39, 0.29) is 23.8 Å². The molecule has 178 valence electrons. The standard InChI is InChI=1S/C23H24F4N2O3S/c1-2-29(22(23(25,26)27)16-5-8-17(24)9-6-16)33(31,32)19-10-7-14-11-12-28-13-18(14)20(19)21(30)15-3-4-15/h5-10,15,22,28H,2-4,11-13H2,1H3. The molecule has 0 amide bonds. The summed E-state index contributed by atoms with van der Waals surface area (Å²) in [6.45, 7) is 1.76. The number of nitrogens with one attached hydrogen (secondary N) is 1. The first-order valence-electron chi connectivity index (χ1n) is 10.8. The van der Waals surface area contributed by atoms with Crippen molar-refractivity contribution in [3.05, 3.63) is 64.5 Å². The molecule has 1 heterocycles. The SMILES string of the molecule is CCN(C(c1ccc(F)cc1)C(F)(F)F)S(=O)(=O)c1ccc2c(c1C(=O)C1CC1)CNCC2. The number of rotatable bonds is 7. The zero-order valence-electron chi connectivity index (χ0n) is 18.0. The van der Waals surface area contributed by atoms with Crippen molar-refractivity contribution in [2.45, 2.75) is 49.8 Å². The van der Waals surface area contributed by atoms with Gasteiger partial charge < -0.3 is 5.32 Å². The molecule has 1 N–H and O–H groups in total. The number of sulfonamides is 1. The minimum atomic E-state index is -4.96. The molecule has 10 heteroatoms. The molecule has 1 aliphatic heterocycles. The molecular weight excluding hydrogens is 460 g/mol. The molecular formula is C23H24F4N2O3S. The Morgan fingerprint density at radius 1 is 1.15 bits per heavy atom. The largest absolute Gasteiger partial charge is 0.409 e. The molecule has 2 aromatic carbocycles. The Balaban J connectivity index is 1.88. The fourth-order valence-corrected chi connectivity index (χ4v) is 6.19. The number of hydrogen-bond donors (Lipinski definition) is 1. The van der Waals surface area contributed by atoms with Gasteiger partial charge >= 0.3 is 6.18 Å². The van der Waals surface area contributed by atoms with Gasteiger partial charge in [-0.3, -0.25) is 4.79 Å². The van der Waals surface area contributed by atoms with Crippen molar-refractivity contribution < 1.29 is 30.8 Å². The van der Waals surface area contributed by atoms with Crippen molar-refractivity contribution in [2.75, 3.05) is 13.1 Å². The van der Waals surface area contributed by atoms with Crippen LogP contribution in [0, 0.1) is 11.7 Å². The number of alkyl halides is 3. The van der Waals surface area contributed by atoms with Crippen LogP contribution in [0.1, 0.15) is 52.9 Å². The van der Waals surface area contributed by atoms with Crippen molar-refractivity contribution in [1.82, 2.24) is 9.62 Å². The van der Waals surface area contributed by atoms with Crippen LogP contribution in [0.25, 0.3) is 0 Å². The summed E-state index contributed by atoms with van der Waals surface area (Å²) in [6, 6.07) is 3.91. The third-order valence-electron chi connectivity index (χ3n) is 6.12. The van der Waals surface area contributed by atoms with E-state index in [0.717, 1.165) is 29.8 Å². The minimum Gasteiger partial charge on any atom is -0.312 e. The molecule has 1 aliphatic carbocycles. The lowest BCUT2D eigenvalue weighted by Gasteiger charge is -2.33. The van der Waals surface area contributed by atoms with Crippen LogP contribution in [0.15, 0.2) is 41.3 Å². The summed E-state index contributed by atoms with van der Waals surface area (Å²) in [5.41, 5.74) is 0.968. The summed E-state index contributed by atoms with van der Waals surface area (Å²) in [5.74, 6) is -1.38. The Morgan fingerprint density at radius 3 is 2.39 bits per heavy atom. The normalized spacial score (nSPS) is 17.6. The molecule has 4 rings (SSSR count). The second-order valence-electron chi connectivity index (χ2n) is 8.35. The predicted octanol–water partition coefficient (Wildman–Crippen LogP) is 4.38. The Morgan fingerprint density at radius 2 is 1.82 bits per heavy atom. The zero-order valence-corrected chi connectivity index (χ0v) is 18.8. The number of ketones is 1. The van der Waals surface area contributed by atoms with Crippen LogP contribution >= 0.6 is 0 Å². The first-order valence-corrected chi connectivity index (χ1v) is 12.2. The molecule has 0 saturated heterocycles. The van der Waals surface area contributed by atoms with Gasteiger partial charge in [0, 0.05) is 24.6 Å². The minimum absolute atomic E-state index is 0.000630. The van der Waals surface area contributed by atoms with Gasteiger partial charge in [-0.25, -0.2) is 12.8 Å². The van der Waals surface area contributed by atoms with Crippen LogP contribution in [0.3, 0.4) is 0 Å². The van der Waals surface area contributed by atoms with Crippen molar-refractivity contribution in [1.29, 1.82) is 0 Å². The Labute approximate surface area is 189 Å². The molecule has 0 radical (unpaired) electrons. The van der Waals surface area contributed by atoms with Gasteiger partial charge in [-0.05, 0) is 60.7 Å². The molecule has 1 unspecified atom stereocenters. The number of carbonyl (C=O) groups excluding carboxylic acids is 1. The molecule has 0 spiro atoms. The maximum absolute atomic E-state index is 14.2. The highest BCUT2D eigenvalue weighted by molar-refractivity contribution is 7.89. The van der Waals surface area contributed by atoms with Crippen LogP contribution < -0.4 is 5.32 Å². The summed E-state index contributed by atoms with van der Waals surface area (Å²) < 4.78 is 83.7. The van der Waals surface area contributed by atoms with Gasteiger partial charge in [0.1, 0.15) is 11.9 Å². The summed E-state index contributed by atoms with van der Waals surface area (Å²) in [4.78, 5) is 12.8. The van der Waals surface area contributed by atoms with Gasteiger partial charge in [-0.2, -0.15) is 17.5 Å². The van der Waals surface area contributed by atoms with E-state index in [4.69, 9.17) is 0 Å². The lowest BCUT2D eigenvalue weighted by atomic mass is 9.92. The Kier molecular flexibility index (Phi) is 6.36. The molecule has 1 fully saturated rings. The van der Waals surface area contributed by atoms with E-state index < -0.39 is 45.1 Å². The molecule has 0 aromatic heterocycles. The fourth-order valence-electron chi connectivity index (χ4n) is 4.36. The summed E-state index contributed by atoms with van der Waals surface area (Å²) in [6.07, 6.45) is -3.10. The quantitative estimate of drug-likeness (QED) is 0.468. The summed E-state index contributed by atoms with van der Waals surface area (Å²) in [5, 5.41) is 3.12. The van der Waals surface area contributed by atoms with Crippen molar-refractivity contribution in [3.63, 3.8) is 0 Å². The third kappa shape index (κ3) is 4.56. The number of benzene rings is 2. The van der Waals surface area contributed by atoms with E-state index >= 15 is 0 Å². The highest BCUT2D eigenvalue weighted by atomic mass is 32.2. The Hall–Kier alpha value is -2.30. The van der Waals surface area contributed by atoms with Crippen LogP contribution in [0.4, 0.5) is 17.6 Å². The van der Waals surface area contributed by atoms with E-state index in [9.17, 15) is 30.8 Å². The van der Waals surface area contributed by atoms with Gasteiger partial charge in [0.15, 0.2) is 5.78 Å². The van der Waals surface area contributed by atoms with Crippen molar-refractivity contribution in [3.8, 4) is 0 Å². The summed E-state index contributed by atoms with van der Waals surface area (Å²) in [7, 11) is -4.74. The third-order valence-corrected chi connectivity index (χ3v) is 8.10.